The van der Waals surface area contributed by atoms with Crippen molar-refractivity contribution in [1.82, 2.24) is 14.7 Å². The second kappa shape index (κ2) is 25.2. The quantitative estimate of drug-likeness (QED) is 0.149. The fourth-order valence-corrected chi connectivity index (χ4v) is 8.50. The van der Waals surface area contributed by atoms with Crippen LogP contribution in [-0.2, 0) is 26.7 Å². The van der Waals surface area contributed by atoms with Gasteiger partial charge in [0.1, 0.15) is 0 Å². The second-order valence-corrected chi connectivity index (χ2v) is 16.7. The molecule has 0 radical (unpaired) electrons. The molecule has 1 aromatic heterocycles. The van der Waals surface area contributed by atoms with E-state index in [1.54, 1.807) is 0 Å². The average Bonchev–Trinajstić information content (AvgIpc) is 3.98. The molecule has 348 valence electrons. The molecule has 8 aromatic carbocycles. The van der Waals surface area contributed by atoms with Gasteiger partial charge in [0.05, 0.1) is 11.2 Å². The maximum atomic E-state index is 6.09. The van der Waals surface area contributed by atoms with Gasteiger partial charge >= 0.3 is 0 Å². The largest absolute Gasteiger partial charge is 0.326 e. The van der Waals surface area contributed by atoms with Crippen molar-refractivity contribution in [3.63, 3.8) is 0 Å². The number of nitrogens with zero attached hydrogens (tertiary/aromatic N) is 2. The summed E-state index contributed by atoms with van der Waals surface area (Å²) in [5.41, 5.74) is 21.2. The lowest BCUT2D eigenvalue weighted by atomic mass is 10.0. The molecule has 0 atom stereocenters. The highest BCUT2D eigenvalue weighted by Gasteiger charge is 2.10. The van der Waals surface area contributed by atoms with Crippen LogP contribution in [0.5, 0.6) is 0 Å². The maximum absolute atomic E-state index is 6.09. The first-order chi connectivity index (χ1) is 34.4. The van der Waals surface area contributed by atoms with Gasteiger partial charge in [0.25, 0.3) is 0 Å². The normalized spacial score (nSPS) is 11.0. The van der Waals surface area contributed by atoms with Gasteiger partial charge in [0, 0.05) is 49.2 Å². The monoisotopic (exact) mass is 913 g/mol. The smallest absolute Gasteiger partial charge is 0.0711 e. The van der Waals surface area contributed by atoms with Crippen LogP contribution in [0.25, 0.3) is 68.0 Å². The summed E-state index contributed by atoms with van der Waals surface area (Å²) in [7, 11) is 2.08. The Morgan fingerprint density at radius 3 is 1.76 bits per heavy atom. The van der Waals surface area contributed by atoms with Crippen LogP contribution in [0.15, 0.2) is 242 Å². The van der Waals surface area contributed by atoms with E-state index in [1.165, 1.54) is 27.8 Å². The standard InChI is InChI=1S/C33H31N3.C25H21N.C6H6.C2H6/c1-23-21-24(2)28-12-9-10-16-32(28)36(33-18-17-27(22-34)30-14-7-8-15-31(30)33)35(4)20-19-26-11-5-6-13-29(26)25(23)3;1-2-10-22(11-3-1)24-14-6-8-20(16-24)18-26-19-21-9-7-15-25(17-21)23-12-4-5-13-23;1-2-4-6-5-3-1;1-2/h5-21H,2-3,22,34H2,1,4H3;1-12,14-17,26H,18-19H2;1-6H;1-2H3. The number of benzene rings is 8. The summed E-state index contributed by atoms with van der Waals surface area (Å²) in [5.74, 6) is 0. The van der Waals surface area contributed by atoms with Gasteiger partial charge in [-0.05, 0) is 115 Å². The summed E-state index contributed by atoms with van der Waals surface area (Å²) in [6.07, 6.45) is 8.19. The number of rotatable bonds is 8. The zero-order chi connectivity index (χ0) is 49.1. The first-order valence-corrected chi connectivity index (χ1v) is 24.1. The molecule has 0 saturated carbocycles. The van der Waals surface area contributed by atoms with Crippen LogP contribution in [0.4, 0.5) is 0 Å². The van der Waals surface area contributed by atoms with Gasteiger partial charge in [0.15, 0.2) is 0 Å². The Hall–Kier alpha value is -8.24. The van der Waals surface area contributed by atoms with Crippen molar-refractivity contribution in [2.75, 3.05) is 0 Å². The SMILES string of the molecule is C1=CC=CC=1c1cccc(CNCc2cccc(-c3ccccc3)c2)c1.C=c1c(C)cc(=C)c2ccccc2n(-c2ccc(CN)c3ccccc23)n(C)ccc2ccccc12.CC.c1ccccc1. The van der Waals surface area contributed by atoms with Gasteiger partial charge in [-0.2, -0.15) is 0 Å². The van der Waals surface area contributed by atoms with E-state index in [0.29, 0.717) is 6.54 Å². The Morgan fingerprint density at radius 2 is 1.10 bits per heavy atom. The van der Waals surface area contributed by atoms with Crippen LogP contribution in [0, 0.1) is 6.92 Å². The number of fused-ring (bicyclic) bond motifs is 3. The fraction of sp³-hybridized carbons (Fsp3) is 0.106. The number of hydrogen-bond donors (Lipinski definition) is 2. The van der Waals surface area contributed by atoms with E-state index in [-0.39, 0.29) is 0 Å². The number of aryl methyl sites for hydroxylation is 2. The van der Waals surface area contributed by atoms with Crippen molar-refractivity contribution in [2.24, 2.45) is 12.8 Å². The van der Waals surface area contributed by atoms with E-state index in [4.69, 9.17) is 5.73 Å². The third-order valence-electron chi connectivity index (χ3n) is 12.1. The number of allylic oxidation sites excluding steroid dienone is 3. The summed E-state index contributed by atoms with van der Waals surface area (Å²) in [6, 6.07) is 73.7. The molecule has 0 spiro atoms. The third-order valence-corrected chi connectivity index (χ3v) is 12.1. The molecular weight excluding hydrogens is 849 g/mol. The van der Waals surface area contributed by atoms with Crippen LogP contribution in [-0.4, -0.2) is 9.36 Å². The molecule has 0 fully saturated rings. The van der Waals surface area contributed by atoms with Crippen LogP contribution in [0.1, 0.15) is 41.7 Å². The van der Waals surface area contributed by atoms with Gasteiger partial charge in [-0.1, -0.05) is 215 Å². The van der Waals surface area contributed by atoms with E-state index in [2.05, 4.69) is 236 Å². The lowest BCUT2D eigenvalue weighted by Gasteiger charge is -2.18. The van der Waals surface area contributed by atoms with Crippen molar-refractivity contribution >= 4 is 51.2 Å². The van der Waals surface area contributed by atoms with Crippen molar-refractivity contribution in [1.29, 1.82) is 0 Å². The van der Waals surface area contributed by atoms with Crippen molar-refractivity contribution in [3.05, 3.63) is 281 Å². The summed E-state index contributed by atoms with van der Waals surface area (Å²) in [5, 5.41) is 11.1. The fourth-order valence-electron chi connectivity index (χ4n) is 8.50. The van der Waals surface area contributed by atoms with Gasteiger partial charge in [-0.3, -0.25) is 9.36 Å². The van der Waals surface area contributed by atoms with Crippen LogP contribution >= 0.6 is 0 Å². The molecule has 1 aliphatic rings. The minimum Gasteiger partial charge on any atom is -0.326 e. The molecule has 0 aliphatic heterocycles. The highest BCUT2D eigenvalue weighted by atomic mass is 15.4. The number of para-hydroxylation sites is 1. The van der Waals surface area contributed by atoms with E-state index in [1.807, 2.05) is 62.4 Å². The van der Waals surface area contributed by atoms with Crippen LogP contribution in [0.2, 0.25) is 0 Å². The summed E-state index contributed by atoms with van der Waals surface area (Å²) < 4.78 is 4.38. The van der Waals surface area contributed by atoms with Crippen LogP contribution < -0.4 is 21.5 Å². The number of hydrogen-bond acceptors (Lipinski definition) is 2. The second-order valence-electron chi connectivity index (χ2n) is 16.7. The minimum absolute atomic E-state index is 0.495. The zero-order valence-corrected chi connectivity index (χ0v) is 41.0. The molecular formula is C66H64N4. The molecule has 9 aromatic rings. The number of nitrogens with one attached hydrogen (secondary N) is 1. The summed E-state index contributed by atoms with van der Waals surface area (Å²) >= 11 is 0. The highest BCUT2D eigenvalue weighted by molar-refractivity contribution is 5.94. The number of aromatic nitrogens is 2. The van der Waals surface area contributed by atoms with E-state index < -0.39 is 0 Å². The molecule has 0 amide bonds. The predicted octanol–water partition coefficient (Wildman–Crippen LogP) is 14.6. The molecule has 0 saturated heterocycles. The van der Waals surface area contributed by atoms with Crippen molar-refractivity contribution < 1.29 is 0 Å². The minimum atomic E-state index is 0.495. The average molecular weight is 913 g/mol. The summed E-state index contributed by atoms with van der Waals surface area (Å²) in [4.78, 5) is 0. The molecule has 70 heavy (non-hydrogen) atoms. The van der Waals surface area contributed by atoms with Crippen LogP contribution in [0.3, 0.4) is 0 Å². The first kappa shape index (κ1) is 49.7. The van der Waals surface area contributed by atoms with Gasteiger partial charge in [-0.25, -0.2) is 0 Å². The predicted molar refractivity (Wildman–Crippen MR) is 303 cm³/mol. The molecule has 4 nitrogen and oxygen atoms in total. The van der Waals surface area contributed by atoms with E-state index >= 15 is 0 Å². The van der Waals surface area contributed by atoms with Gasteiger partial charge < -0.3 is 11.1 Å². The topological polar surface area (TPSA) is 47.9 Å². The first-order valence-electron chi connectivity index (χ1n) is 24.1. The van der Waals surface area contributed by atoms with Gasteiger partial charge in [0.2, 0.25) is 0 Å². The lowest BCUT2D eigenvalue weighted by Crippen LogP contribution is -2.13. The molecule has 4 heteroatoms. The Labute approximate surface area is 414 Å². The zero-order valence-electron chi connectivity index (χ0n) is 41.0. The molecule has 0 unspecified atom stereocenters. The summed E-state index contributed by atoms with van der Waals surface area (Å²) in [6.45, 7) is 17.2. The Morgan fingerprint density at radius 1 is 0.543 bits per heavy atom. The van der Waals surface area contributed by atoms with E-state index in [9.17, 15) is 0 Å². The third kappa shape index (κ3) is 12.6. The number of nitrogens with two attached hydrogens (primary N) is 1. The molecule has 0 bridgehead atoms. The van der Waals surface area contributed by atoms with Crippen molar-refractivity contribution in [3.8, 4) is 16.8 Å². The van der Waals surface area contributed by atoms with Gasteiger partial charge in [-0.15, -0.1) is 5.73 Å². The highest BCUT2D eigenvalue weighted by Crippen LogP contribution is 2.28. The molecule has 10 rings (SSSR count). The Balaban J connectivity index is 0.000000185. The Bertz CT molecular complexity index is 3490. The van der Waals surface area contributed by atoms with Crippen molar-refractivity contribution in [2.45, 2.75) is 40.4 Å². The molecule has 1 heterocycles. The molecule has 3 N–H and O–H groups in total. The Kier molecular flexibility index (Phi) is 17.9. The van der Waals surface area contributed by atoms with E-state index in [0.717, 1.165) is 78.4 Å². The lowest BCUT2D eigenvalue weighted by molar-refractivity contribution is 0.665. The maximum Gasteiger partial charge on any atom is 0.0711 e. The molecule has 1 aliphatic carbocycles.